The summed E-state index contributed by atoms with van der Waals surface area (Å²) in [5, 5.41) is -0.410. The van der Waals surface area contributed by atoms with Gasteiger partial charge >= 0.3 is 12.1 Å². The standard InChI is InChI=1S/C17H9ClF3NO2/c18-13-7-6-10(8-12(13)17(19,20)21)9-14-16(23)24-15(22-14)11-4-2-1-3-5-11/h1-9H. The Hall–Kier alpha value is -2.60. The van der Waals surface area contributed by atoms with Crippen molar-refractivity contribution in [1.82, 2.24) is 0 Å². The number of hydrogen-bond donors (Lipinski definition) is 0. The minimum absolute atomic E-state index is 0.0794. The van der Waals surface area contributed by atoms with E-state index in [1.807, 2.05) is 0 Å². The molecule has 0 saturated heterocycles. The lowest BCUT2D eigenvalue weighted by Crippen LogP contribution is -2.06. The van der Waals surface area contributed by atoms with Gasteiger partial charge in [-0.3, -0.25) is 0 Å². The van der Waals surface area contributed by atoms with E-state index in [4.69, 9.17) is 16.3 Å². The van der Waals surface area contributed by atoms with Crippen LogP contribution in [0.25, 0.3) is 6.08 Å². The van der Waals surface area contributed by atoms with Crippen LogP contribution in [0.2, 0.25) is 5.02 Å². The number of cyclic esters (lactones) is 1. The normalized spacial score (nSPS) is 16.2. The quantitative estimate of drug-likeness (QED) is 0.581. The van der Waals surface area contributed by atoms with Gasteiger partial charge in [-0.05, 0) is 35.9 Å². The highest BCUT2D eigenvalue weighted by molar-refractivity contribution is 6.31. The lowest BCUT2D eigenvalue weighted by molar-refractivity contribution is -0.137. The lowest BCUT2D eigenvalue weighted by Gasteiger charge is -2.09. The number of aliphatic imine (C=N–C) groups is 1. The van der Waals surface area contributed by atoms with Gasteiger partial charge in [0.1, 0.15) is 0 Å². The van der Waals surface area contributed by atoms with Gasteiger partial charge in [0.05, 0.1) is 10.6 Å². The highest BCUT2D eigenvalue weighted by atomic mass is 35.5. The van der Waals surface area contributed by atoms with Crippen LogP contribution in [0.5, 0.6) is 0 Å². The van der Waals surface area contributed by atoms with Gasteiger partial charge in [0.25, 0.3) is 0 Å². The monoisotopic (exact) mass is 351 g/mol. The van der Waals surface area contributed by atoms with E-state index in [1.54, 1.807) is 30.3 Å². The molecule has 0 aromatic heterocycles. The molecule has 0 saturated carbocycles. The molecular weight excluding hydrogens is 343 g/mol. The Bertz CT molecular complexity index is 858. The third-order valence-electron chi connectivity index (χ3n) is 3.24. The number of benzene rings is 2. The summed E-state index contributed by atoms with van der Waals surface area (Å²) in [5.41, 5.74) is -0.306. The Balaban J connectivity index is 1.97. The van der Waals surface area contributed by atoms with Gasteiger partial charge in [0.2, 0.25) is 5.90 Å². The van der Waals surface area contributed by atoms with Crippen LogP contribution in [0.3, 0.4) is 0 Å². The van der Waals surface area contributed by atoms with Crippen molar-refractivity contribution >= 4 is 29.5 Å². The summed E-state index contributed by atoms with van der Waals surface area (Å²) in [4.78, 5) is 15.9. The second-order valence-corrected chi connectivity index (χ2v) is 5.35. The summed E-state index contributed by atoms with van der Waals surface area (Å²) in [5.74, 6) is -0.616. The predicted octanol–water partition coefficient (Wildman–Crippen LogP) is 4.70. The molecule has 1 aliphatic heterocycles. The molecule has 0 atom stereocenters. The molecule has 0 fully saturated rings. The van der Waals surface area contributed by atoms with Gasteiger partial charge in [-0.25, -0.2) is 9.79 Å². The second kappa shape index (κ2) is 6.13. The first-order valence-electron chi connectivity index (χ1n) is 6.79. The molecule has 3 rings (SSSR count). The number of nitrogens with zero attached hydrogens (tertiary/aromatic N) is 1. The lowest BCUT2D eigenvalue weighted by atomic mass is 10.1. The van der Waals surface area contributed by atoms with Crippen molar-refractivity contribution in [3.8, 4) is 0 Å². The number of halogens is 4. The maximum absolute atomic E-state index is 12.9. The molecule has 0 amide bonds. The minimum Gasteiger partial charge on any atom is -0.402 e. The van der Waals surface area contributed by atoms with Crippen LogP contribution in [-0.4, -0.2) is 11.9 Å². The molecule has 0 radical (unpaired) electrons. The number of ether oxygens (including phenoxy) is 1. The summed E-state index contributed by atoms with van der Waals surface area (Å²) < 4.78 is 43.7. The van der Waals surface area contributed by atoms with E-state index in [2.05, 4.69) is 4.99 Å². The molecule has 3 nitrogen and oxygen atoms in total. The Kier molecular flexibility index (Phi) is 4.15. The Morgan fingerprint density at radius 2 is 1.79 bits per heavy atom. The fraction of sp³-hybridized carbons (Fsp3) is 0.0588. The first kappa shape index (κ1) is 16.3. The van der Waals surface area contributed by atoms with Gasteiger partial charge in [-0.15, -0.1) is 0 Å². The topological polar surface area (TPSA) is 38.7 Å². The molecular formula is C17H9ClF3NO2. The molecule has 2 aromatic rings. The van der Waals surface area contributed by atoms with Crippen molar-refractivity contribution in [1.29, 1.82) is 0 Å². The third-order valence-corrected chi connectivity index (χ3v) is 3.57. The first-order valence-corrected chi connectivity index (χ1v) is 7.17. The number of carbonyl (C=O) groups is 1. The summed E-state index contributed by atoms with van der Waals surface area (Å²) in [6, 6.07) is 12.1. The van der Waals surface area contributed by atoms with Crippen LogP contribution in [-0.2, 0) is 15.7 Å². The summed E-state index contributed by atoms with van der Waals surface area (Å²) >= 11 is 5.57. The van der Waals surface area contributed by atoms with Crippen LogP contribution < -0.4 is 0 Å². The average Bonchev–Trinajstić information content (AvgIpc) is 2.90. The number of esters is 1. The molecule has 0 N–H and O–H groups in total. The zero-order valence-electron chi connectivity index (χ0n) is 12.0. The highest BCUT2D eigenvalue weighted by Crippen LogP contribution is 2.35. The van der Waals surface area contributed by atoms with E-state index in [0.29, 0.717) is 5.56 Å². The average molecular weight is 352 g/mol. The molecule has 0 bridgehead atoms. The van der Waals surface area contributed by atoms with E-state index in [1.165, 1.54) is 12.1 Å². The highest BCUT2D eigenvalue weighted by Gasteiger charge is 2.33. The maximum atomic E-state index is 12.9. The number of hydrogen-bond acceptors (Lipinski definition) is 3. The van der Waals surface area contributed by atoms with E-state index in [-0.39, 0.29) is 17.2 Å². The Morgan fingerprint density at radius 3 is 2.46 bits per heavy atom. The third kappa shape index (κ3) is 3.33. The van der Waals surface area contributed by atoms with Gasteiger partial charge in [0, 0.05) is 5.56 Å². The zero-order valence-corrected chi connectivity index (χ0v) is 12.7. The summed E-state index contributed by atoms with van der Waals surface area (Å²) in [6.45, 7) is 0. The number of carbonyl (C=O) groups excluding carboxylic acids is 1. The molecule has 0 spiro atoms. The van der Waals surface area contributed by atoms with E-state index in [0.717, 1.165) is 12.1 Å². The minimum atomic E-state index is -4.58. The van der Waals surface area contributed by atoms with Gasteiger partial charge < -0.3 is 4.74 Å². The first-order chi connectivity index (χ1) is 11.3. The predicted molar refractivity (Wildman–Crippen MR) is 83.5 cm³/mol. The van der Waals surface area contributed by atoms with Crippen molar-refractivity contribution in [2.45, 2.75) is 6.18 Å². The zero-order chi connectivity index (χ0) is 17.3. The summed E-state index contributed by atoms with van der Waals surface area (Å²) in [7, 11) is 0. The van der Waals surface area contributed by atoms with Crippen molar-refractivity contribution in [3.05, 3.63) is 75.9 Å². The van der Waals surface area contributed by atoms with Crippen molar-refractivity contribution in [2.75, 3.05) is 0 Å². The van der Waals surface area contributed by atoms with E-state index < -0.39 is 22.7 Å². The number of alkyl halides is 3. The van der Waals surface area contributed by atoms with Crippen LogP contribution in [0.1, 0.15) is 16.7 Å². The maximum Gasteiger partial charge on any atom is 0.417 e. The smallest absolute Gasteiger partial charge is 0.402 e. The fourth-order valence-corrected chi connectivity index (χ4v) is 2.35. The van der Waals surface area contributed by atoms with Crippen LogP contribution in [0.4, 0.5) is 13.2 Å². The fourth-order valence-electron chi connectivity index (χ4n) is 2.12. The van der Waals surface area contributed by atoms with Crippen LogP contribution in [0.15, 0.2) is 59.2 Å². The summed E-state index contributed by atoms with van der Waals surface area (Å²) in [6.07, 6.45) is -3.36. The molecule has 1 heterocycles. The molecule has 2 aromatic carbocycles. The van der Waals surface area contributed by atoms with Crippen molar-refractivity contribution in [3.63, 3.8) is 0 Å². The van der Waals surface area contributed by atoms with Crippen molar-refractivity contribution < 1.29 is 22.7 Å². The Labute approximate surface area is 140 Å². The molecule has 1 aliphatic rings. The number of rotatable bonds is 2. The SMILES string of the molecule is O=C1OC(c2ccccc2)=NC1=Cc1ccc(Cl)c(C(F)(F)F)c1. The van der Waals surface area contributed by atoms with E-state index in [9.17, 15) is 18.0 Å². The van der Waals surface area contributed by atoms with Crippen molar-refractivity contribution in [2.24, 2.45) is 4.99 Å². The molecule has 122 valence electrons. The van der Waals surface area contributed by atoms with Gasteiger partial charge in [-0.1, -0.05) is 35.9 Å². The molecule has 24 heavy (non-hydrogen) atoms. The molecule has 7 heteroatoms. The van der Waals surface area contributed by atoms with Gasteiger partial charge in [0.15, 0.2) is 5.70 Å². The van der Waals surface area contributed by atoms with Crippen LogP contribution >= 0.6 is 11.6 Å². The molecule has 0 unspecified atom stereocenters. The van der Waals surface area contributed by atoms with Gasteiger partial charge in [-0.2, -0.15) is 13.2 Å². The van der Waals surface area contributed by atoms with E-state index >= 15 is 0 Å². The largest absolute Gasteiger partial charge is 0.417 e. The Morgan fingerprint density at radius 1 is 1.08 bits per heavy atom. The van der Waals surface area contributed by atoms with Crippen LogP contribution in [0, 0.1) is 0 Å². The second-order valence-electron chi connectivity index (χ2n) is 4.94. The molecule has 0 aliphatic carbocycles.